The maximum atomic E-state index is 12.0. The first-order valence-electron chi connectivity index (χ1n) is 5.80. The molecular formula is C11H11ClN4O4S. The molecule has 0 aliphatic heterocycles. The molecule has 0 amide bonds. The summed E-state index contributed by atoms with van der Waals surface area (Å²) in [6.07, 6.45) is 3.00. The predicted molar refractivity (Wildman–Crippen MR) is 75.5 cm³/mol. The molecule has 2 aromatic rings. The number of hydrogen-bond acceptors (Lipinski definition) is 5. The SMILES string of the molecule is O=[N+]([O-])c1cccc(S(=O)(=O)NCCn2cc(Cl)cn2)c1. The van der Waals surface area contributed by atoms with Crippen molar-refractivity contribution < 1.29 is 13.3 Å². The first-order chi connectivity index (χ1) is 9.88. The molecule has 0 bridgehead atoms. The Balaban J connectivity index is 2.04. The Morgan fingerprint density at radius 3 is 2.81 bits per heavy atom. The molecule has 1 N–H and O–H groups in total. The number of aromatic nitrogens is 2. The number of sulfonamides is 1. The molecule has 0 unspecified atom stereocenters. The van der Waals surface area contributed by atoms with E-state index in [1.165, 1.54) is 29.1 Å². The van der Waals surface area contributed by atoms with Gasteiger partial charge in [-0.15, -0.1) is 0 Å². The smallest absolute Gasteiger partial charge is 0.270 e. The summed E-state index contributed by atoms with van der Waals surface area (Å²) in [6.45, 7) is 0.379. The minimum Gasteiger partial charge on any atom is -0.270 e. The molecule has 1 aromatic carbocycles. The van der Waals surface area contributed by atoms with Crippen LogP contribution in [0.1, 0.15) is 0 Å². The highest BCUT2D eigenvalue weighted by Crippen LogP contribution is 2.16. The molecule has 1 heterocycles. The molecular weight excluding hydrogens is 320 g/mol. The molecule has 0 aliphatic rings. The summed E-state index contributed by atoms with van der Waals surface area (Å²) in [6, 6.07) is 4.85. The molecule has 0 spiro atoms. The van der Waals surface area contributed by atoms with E-state index in [0.29, 0.717) is 11.6 Å². The van der Waals surface area contributed by atoms with Crippen molar-refractivity contribution in [3.63, 3.8) is 0 Å². The third-order valence-electron chi connectivity index (χ3n) is 2.57. The van der Waals surface area contributed by atoms with Crippen LogP contribution in [0.4, 0.5) is 5.69 Å². The van der Waals surface area contributed by atoms with E-state index in [0.717, 1.165) is 6.07 Å². The lowest BCUT2D eigenvalue weighted by molar-refractivity contribution is -0.385. The van der Waals surface area contributed by atoms with Gasteiger partial charge in [-0.1, -0.05) is 17.7 Å². The zero-order valence-electron chi connectivity index (χ0n) is 10.6. The summed E-state index contributed by atoms with van der Waals surface area (Å²) < 4.78 is 27.9. The Kier molecular flexibility index (Phi) is 4.56. The van der Waals surface area contributed by atoms with Gasteiger partial charge in [0.2, 0.25) is 10.0 Å². The summed E-state index contributed by atoms with van der Waals surface area (Å²) in [5, 5.41) is 15.0. The lowest BCUT2D eigenvalue weighted by atomic mass is 10.3. The summed E-state index contributed by atoms with van der Waals surface area (Å²) in [7, 11) is -3.81. The fourth-order valence-corrected chi connectivity index (χ4v) is 2.82. The number of nitro benzene ring substituents is 1. The van der Waals surface area contributed by atoms with Crippen molar-refractivity contribution in [3.05, 3.63) is 51.8 Å². The zero-order chi connectivity index (χ0) is 15.5. The molecule has 21 heavy (non-hydrogen) atoms. The average Bonchev–Trinajstić information content (AvgIpc) is 2.84. The highest BCUT2D eigenvalue weighted by atomic mass is 35.5. The van der Waals surface area contributed by atoms with E-state index >= 15 is 0 Å². The molecule has 0 aliphatic carbocycles. The van der Waals surface area contributed by atoms with E-state index in [-0.39, 0.29) is 17.1 Å². The van der Waals surface area contributed by atoms with Gasteiger partial charge < -0.3 is 0 Å². The van der Waals surface area contributed by atoms with E-state index < -0.39 is 14.9 Å². The zero-order valence-corrected chi connectivity index (χ0v) is 12.2. The van der Waals surface area contributed by atoms with Crippen molar-refractivity contribution in [1.29, 1.82) is 0 Å². The van der Waals surface area contributed by atoms with Gasteiger partial charge in [0.25, 0.3) is 5.69 Å². The second kappa shape index (κ2) is 6.20. The molecule has 8 nitrogen and oxygen atoms in total. The van der Waals surface area contributed by atoms with Gasteiger partial charge in [-0.3, -0.25) is 14.8 Å². The fourth-order valence-electron chi connectivity index (χ4n) is 1.60. The van der Waals surface area contributed by atoms with Gasteiger partial charge >= 0.3 is 0 Å². The fraction of sp³-hybridized carbons (Fsp3) is 0.182. The normalized spacial score (nSPS) is 11.5. The van der Waals surface area contributed by atoms with Gasteiger partial charge in [0.1, 0.15) is 0 Å². The molecule has 0 saturated carbocycles. The summed E-state index contributed by atoms with van der Waals surface area (Å²) >= 11 is 5.69. The average molecular weight is 331 g/mol. The maximum absolute atomic E-state index is 12.0. The quantitative estimate of drug-likeness (QED) is 0.636. The summed E-state index contributed by atoms with van der Waals surface area (Å²) in [5.41, 5.74) is -0.281. The van der Waals surface area contributed by atoms with Gasteiger partial charge in [0.05, 0.1) is 27.6 Å². The monoisotopic (exact) mass is 330 g/mol. The number of nitro groups is 1. The standard InChI is InChI=1S/C11H11ClN4O4S/c12-9-7-13-15(8-9)5-4-14-21(19,20)11-3-1-2-10(6-11)16(17)18/h1-3,6-8,14H,4-5H2. The van der Waals surface area contributed by atoms with Crippen LogP contribution in [0.5, 0.6) is 0 Å². The Morgan fingerprint density at radius 2 is 2.19 bits per heavy atom. The Bertz CT molecular complexity index is 759. The highest BCUT2D eigenvalue weighted by Gasteiger charge is 2.17. The van der Waals surface area contributed by atoms with Gasteiger partial charge in [0, 0.05) is 24.9 Å². The second-order valence-corrected chi connectivity index (χ2v) is 6.28. The lowest BCUT2D eigenvalue weighted by Gasteiger charge is -2.06. The Morgan fingerprint density at radius 1 is 1.43 bits per heavy atom. The molecule has 2 rings (SSSR count). The van der Waals surface area contributed by atoms with Crippen molar-refractivity contribution in [2.24, 2.45) is 0 Å². The number of non-ortho nitro benzene ring substituents is 1. The second-order valence-electron chi connectivity index (χ2n) is 4.07. The molecule has 1 aromatic heterocycles. The van der Waals surface area contributed by atoms with Crippen LogP contribution in [0.25, 0.3) is 0 Å². The van der Waals surface area contributed by atoms with E-state index in [4.69, 9.17) is 11.6 Å². The molecule has 0 radical (unpaired) electrons. The van der Waals surface area contributed by atoms with Crippen LogP contribution in [0.15, 0.2) is 41.6 Å². The summed E-state index contributed by atoms with van der Waals surface area (Å²) in [5.74, 6) is 0. The molecule has 0 atom stereocenters. The summed E-state index contributed by atoms with van der Waals surface area (Å²) in [4.78, 5) is 9.84. The van der Waals surface area contributed by atoms with E-state index in [1.807, 2.05) is 0 Å². The lowest BCUT2D eigenvalue weighted by Crippen LogP contribution is -2.27. The van der Waals surface area contributed by atoms with E-state index in [2.05, 4.69) is 9.82 Å². The number of rotatable bonds is 6. The number of hydrogen-bond donors (Lipinski definition) is 1. The van der Waals surface area contributed by atoms with Crippen LogP contribution in [-0.4, -0.2) is 29.7 Å². The minimum absolute atomic E-state index is 0.0863. The van der Waals surface area contributed by atoms with Crippen LogP contribution in [0.3, 0.4) is 0 Å². The number of benzene rings is 1. The van der Waals surface area contributed by atoms with Gasteiger partial charge in [-0.05, 0) is 6.07 Å². The first kappa shape index (κ1) is 15.4. The maximum Gasteiger partial charge on any atom is 0.270 e. The number of nitrogens with zero attached hydrogens (tertiary/aromatic N) is 3. The van der Waals surface area contributed by atoms with Crippen LogP contribution in [0, 0.1) is 10.1 Å². The van der Waals surface area contributed by atoms with Gasteiger partial charge in [-0.2, -0.15) is 5.10 Å². The molecule has 0 saturated heterocycles. The predicted octanol–water partition coefficient (Wildman–Crippen LogP) is 1.42. The van der Waals surface area contributed by atoms with E-state index in [1.54, 1.807) is 6.20 Å². The van der Waals surface area contributed by atoms with Crippen LogP contribution in [-0.2, 0) is 16.6 Å². The topological polar surface area (TPSA) is 107 Å². The first-order valence-corrected chi connectivity index (χ1v) is 7.67. The molecule has 0 fully saturated rings. The third kappa shape index (κ3) is 4.00. The van der Waals surface area contributed by atoms with Crippen molar-refractivity contribution in [1.82, 2.24) is 14.5 Å². The number of nitrogens with one attached hydrogen (secondary N) is 1. The van der Waals surface area contributed by atoms with Crippen LogP contribution < -0.4 is 4.72 Å². The van der Waals surface area contributed by atoms with Crippen LogP contribution >= 0.6 is 11.6 Å². The van der Waals surface area contributed by atoms with Crippen molar-refractivity contribution >= 4 is 27.3 Å². The van der Waals surface area contributed by atoms with Crippen LogP contribution in [0.2, 0.25) is 5.02 Å². The minimum atomic E-state index is -3.81. The highest BCUT2D eigenvalue weighted by molar-refractivity contribution is 7.89. The van der Waals surface area contributed by atoms with Crippen molar-refractivity contribution in [2.45, 2.75) is 11.4 Å². The molecule has 10 heteroatoms. The Hall–Kier alpha value is -1.97. The Labute approximate surface area is 125 Å². The van der Waals surface area contributed by atoms with Gasteiger partial charge in [0.15, 0.2) is 0 Å². The largest absolute Gasteiger partial charge is 0.270 e. The van der Waals surface area contributed by atoms with Crippen molar-refractivity contribution in [2.75, 3.05) is 6.54 Å². The van der Waals surface area contributed by atoms with Gasteiger partial charge in [-0.25, -0.2) is 13.1 Å². The third-order valence-corrected chi connectivity index (χ3v) is 4.23. The van der Waals surface area contributed by atoms with Crippen molar-refractivity contribution in [3.8, 4) is 0 Å². The number of halogens is 1. The van der Waals surface area contributed by atoms with E-state index in [9.17, 15) is 18.5 Å². The molecule has 112 valence electrons.